The number of anilines is 2. The Morgan fingerprint density at radius 2 is 2.21 bits per heavy atom. The zero-order valence-corrected chi connectivity index (χ0v) is 11.3. The van der Waals surface area contributed by atoms with Crippen molar-refractivity contribution >= 4 is 11.4 Å². The van der Waals surface area contributed by atoms with Crippen LogP contribution < -0.4 is 15.8 Å². The van der Waals surface area contributed by atoms with E-state index >= 15 is 0 Å². The first-order chi connectivity index (χ1) is 9.16. The number of hydrogen-bond donors (Lipinski definition) is 2. The molecule has 0 aliphatic carbocycles. The summed E-state index contributed by atoms with van der Waals surface area (Å²) in [7, 11) is 0. The molecule has 1 aromatic heterocycles. The van der Waals surface area contributed by atoms with Crippen LogP contribution in [0.1, 0.15) is 13.8 Å². The Bertz CT molecular complexity index is 508. The number of nitrogen functional groups attached to an aromatic ring is 1. The van der Waals surface area contributed by atoms with Gasteiger partial charge in [-0.25, -0.2) is 0 Å². The zero-order chi connectivity index (χ0) is 13.7. The van der Waals surface area contributed by atoms with Gasteiger partial charge in [0, 0.05) is 18.9 Å². The van der Waals surface area contributed by atoms with Crippen molar-refractivity contribution in [1.82, 2.24) is 9.78 Å². The Hall–Kier alpha value is -2.17. The fourth-order valence-electron chi connectivity index (χ4n) is 1.79. The summed E-state index contributed by atoms with van der Waals surface area (Å²) in [5.41, 5.74) is 7.62. The van der Waals surface area contributed by atoms with Gasteiger partial charge in [0.15, 0.2) is 0 Å². The van der Waals surface area contributed by atoms with Crippen molar-refractivity contribution in [2.75, 3.05) is 17.6 Å². The molecule has 0 spiro atoms. The molecule has 0 atom stereocenters. The van der Waals surface area contributed by atoms with Crippen LogP contribution in [-0.4, -0.2) is 22.4 Å². The Labute approximate surface area is 113 Å². The first-order valence-corrected chi connectivity index (χ1v) is 6.43. The number of nitrogens with two attached hydrogens (primary N) is 1. The van der Waals surface area contributed by atoms with Crippen molar-refractivity contribution in [3.8, 4) is 5.75 Å². The van der Waals surface area contributed by atoms with Crippen LogP contribution in [0.4, 0.5) is 11.4 Å². The van der Waals surface area contributed by atoms with Crippen LogP contribution in [-0.2, 0) is 6.54 Å². The molecule has 3 N–H and O–H groups in total. The van der Waals surface area contributed by atoms with Gasteiger partial charge in [-0.05, 0) is 32.0 Å². The van der Waals surface area contributed by atoms with E-state index in [1.807, 2.05) is 49.0 Å². The van der Waals surface area contributed by atoms with Crippen molar-refractivity contribution in [1.29, 1.82) is 0 Å². The summed E-state index contributed by atoms with van der Waals surface area (Å²) in [6.45, 7) is 5.52. The molecule has 0 aliphatic heterocycles. The van der Waals surface area contributed by atoms with Gasteiger partial charge in [-0.2, -0.15) is 5.10 Å². The van der Waals surface area contributed by atoms with Gasteiger partial charge in [0.25, 0.3) is 0 Å². The number of aromatic nitrogens is 2. The Morgan fingerprint density at radius 3 is 2.89 bits per heavy atom. The summed E-state index contributed by atoms with van der Waals surface area (Å²) in [5.74, 6) is 0.721. The van der Waals surface area contributed by atoms with Gasteiger partial charge in [-0.15, -0.1) is 0 Å². The fraction of sp³-hybridized carbons (Fsp3) is 0.357. The first kappa shape index (κ1) is 13.3. The lowest BCUT2D eigenvalue weighted by molar-refractivity contribution is 0.244. The number of rotatable bonds is 6. The molecule has 2 aromatic rings. The smallest absolute Gasteiger partial charge is 0.144 e. The molecule has 1 aromatic carbocycles. The molecule has 0 amide bonds. The van der Waals surface area contributed by atoms with Crippen molar-refractivity contribution in [3.05, 3.63) is 36.7 Å². The molecule has 0 unspecified atom stereocenters. The molecule has 0 fully saturated rings. The highest BCUT2D eigenvalue weighted by Gasteiger charge is 2.07. The number of ether oxygens (including phenoxy) is 1. The number of benzene rings is 1. The van der Waals surface area contributed by atoms with E-state index in [9.17, 15) is 0 Å². The maximum absolute atomic E-state index is 6.08. The second kappa shape index (κ2) is 6.13. The van der Waals surface area contributed by atoms with Crippen LogP contribution in [0.5, 0.6) is 5.75 Å². The molecule has 0 aliphatic rings. The summed E-state index contributed by atoms with van der Waals surface area (Å²) < 4.78 is 7.53. The summed E-state index contributed by atoms with van der Waals surface area (Å²) in [6, 6.07) is 7.68. The zero-order valence-electron chi connectivity index (χ0n) is 11.3. The Balaban J connectivity index is 1.96. The normalized spacial score (nSPS) is 10.7. The molecule has 0 radical (unpaired) electrons. The van der Waals surface area contributed by atoms with E-state index in [1.165, 1.54) is 0 Å². The van der Waals surface area contributed by atoms with Crippen LogP contribution in [0.15, 0.2) is 36.7 Å². The average molecular weight is 260 g/mol. The van der Waals surface area contributed by atoms with Gasteiger partial charge in [-0.1, -0.05) is 6.07 Å². The maximum Gasteiger partial charge on any atom is 0.144 e. The van der Waals surface area contributed by atoms with Gasteiger partial charge >= 0.3 is 0 Å². The van der Waals surface area contributed by atoms with Crippen LogP contribution in [0.25, 0.3) is 0 Å². The van der Waals surface area contributed by atoms with Crippen LogP contribution >= 0.6 is 0 Å². The molecular formula is C14H20N4O. The third-order valence-electron chi connectivity index (χ3n) is 2.64. The third kappa shape index (κ3) is 3.64. The van der Waals surface area contributed by atoms with Crippen molar-refractivity contribution in [3.63, 3.8) is 0 Å². The molecule has 2 rings (SSSR count). The molecule has 5 nitrogen and oxygen atoms in total. The molecule has 1 heterocycles. The van der Waals surface area contributed by atoms with Gasteiger partial charge in [0.05, 0.1) is 24.0 Å². The molecule has 0 saturated carbocycles. The highest BCUT2D eigenvalue weighted by atomic mass is 16.5. The summed E-state index contributed by atoms with van der Waals surface area (Å²) in [4.78, 5) is 0. The van der Waals surface area contributed by atoms with E-state index in [0.717, 1.165) is 24.5 Å². The first-order valence-electron chi connectivity index (χ1n) is 6.43. The molecule has 19 heavy (non-hydrogen) atoms. The minimum atomic E-state index is 0.113. The summed E-state index contributed by atoms with van der Waals surface area (Å²) >= 11 is 0. The topological polar surface area (TPSA) is 65.1 Å². The van der Waals surface area contributed by atoms with Crippen molar-refractivity contribution in [2.45, 2.75) is 26.5 Å². The number of para-hydroxylation sites is 1. The minimum absolute atomic E-state index is 0.113. The number of hydrogen-bond acceptors (Lipinski definition) is 4. The predicted octanol–water partition coefficient (Wildman–Crippen LogP) is 2.36. The SMILES string of the molecule is CC(C)Oc1cccc(NCCn2cccn2)c1N. The van der Waals surface area contributed by atoms with E-state index in [1.54, 1.807) is 6.20 Å². The van der Waals surface area contributed by atoms with Gasteiger partial charge in [0.2, 0.25) is 0 Å². The largest absolute Gasteiger partial charge is 0.489 e. The lowest BCUT2D eigenvalue weighted by Gasteiger charge is -2.15. The Morgan fingerprint density at radius 1 is 1.37 bits per heavy atom. The van der Waals surface area contributed by atoms with Crippen LogP contribution in [0.3, 0.4) is 0 Å². The molecule has 5 heteroatoms. The lowest BCUT2D eigenvalue weighted by atomic mass is 10.2. The summed E-state index contributed by atoms with van der Waals surface area (Å²) in [5, 5.41) is 7.45. The number of nitrogens with zero attached hydrogens (tertiary/aromatic N) is 2. The quantitative estimate of drug-likeness (QED) is 0.783. The third-order valence-corrected chi connectivity index (χ3v) is 2.64. The van der Waals surface area contributed by atoms with Gasteiger partial charge in [0.1, 0.15) is 5.75 Å². The van der Waals surface area contributed by atoms with E-state index in [0.29, 0.717) is 5.69 Å². The number of nitrogens with one attached hydrogen (secondary N) is 1. The van der Waals surface area contributed by atoms with Crippen LogP contribution in [0, 0.1) is 0 Å². The van der Waals surface area contributed by atoms with Crippen molar-refractivity contribution < 1.29 is 4.74 Å². The molecule has 0 saturated heterocycles. The second-order valence-electron chi connectivity index (χ2n) is 4.58. The molecular weight excluding hydrogens is 240 g/mol. The van der Waals surface area contributed by atoms with Gasteiger partial charge in [-0.3, -0.25) is 4.68 Å². The highest BCUT2D eigenvalue weighted by molar-refractivity contribution is 5.72. The fourth-order valence-corrected chi connectivity index (χ4v) is 1.79. The van der Waals surface area contributed by atoms with E-state index in [-0.39, 0.29) is 6.10 Å². The molecule has 0 bridgehead atoms. The standard InChI is InChI=1S/C14H20N4O/c1-11(2)19-13-6-3-5-12(14(13)15)16-8-10-18-9-4-7-17-18/h3-7,9,11,16H,8,10,15H2,1-2H3. The van der Waals surface area contributed by atoms with E-state index < -0.39 is 0 Å². The highest BCUT2D eigenvalue weighted by Crippen LogP contribution is 2.29. The van der Waals surface area contributed by atoms with E-state index in [2.05, 4.69) is 10.4 Å². The predicted molar refractivity (Wildman–Crippen MR) is 77.3 cm³/mol. The van der Waals surface area contributed by atoms with Crippen LogP contribution in [0.2, 0.25) is 0 Å². The second-order valence-corrected chi connectivity index (χ2v) is 4.58. The van der Waals surface area contributed by atoms with Gasteiger partial charge < -0.3 is 15.8 Å². The lowest BCUT2D eigenvalue weighted by Crippen LogP contribution is -2.13. The monoisotopic (exact) mass is 260 g/mol. The molecule has 102 valence electrons. The Kier molecular flexibility index (Phi) is 4.28. The van der Waals surface area contributed by atoms with E-state index in [4.69, 9.17) is 10.5 Å². The maximum atomic E-state index is 6.08. The average Bonchev–Trinajstić information content (AvgIpc) is 2.86. The summed E-state index contributed by atoms with van der Waals surface area (Å²) in [6.07, 6.45) is 3.82. The minimum Gasteiger partial charge on any atom is -0.489 e. The van der Waals surface area contributed by atoms with Crippen molar-refractivity contribution in [2.24, 2.45) is 0 Å².